The molecule has 190 valence electrons. The Morgan fingerprint density at radius 1 is 0.415 bits per heavy atom. The lowest BCUT2D eigenvalue weighted by atomic mass is 9.83. The van der Waals surface area contributed by atoms with Crippen molar-refractivity contribution in [1.29, 1.82) is 0 Å². The van der Waals surface area contributed by atoms with Gasteiger partial charge in [0.1, 0.15) is 11.2 Å². The van der Waals surface area contributed by atoms with Gasteiger partial charge >= 0.3 is 0 Å². The average Bonchev–Trinajstić information content (AvgIpc) is 3.66. The predicted molar refractivity (Wildman–Crippen MR) is 175 cm³/mol. The lowest BCUT2D eigenvalue weighted by molar-refractivity contribution is 0.669. The zero-order valence-electron chi connectivity index (χ0n) is 41.6. The third kappa shape index (κ3) is 3.18. The minimum absolute atomic E-state index is 0.00730. The van der Waals surface area contributed by atoms with Gasteiger partial charge in [-0.1, -0.05) is 127 Å². The number of rotatable bonds is 2. The molecule has 0 amide bonds. The van der Waals surface area contributed by atoms with Crippen LogP contribution in [-0.2, 0) is 0 Å². The average molecular weight is 542 g/mol. The molecule has 41 heavy (non-hydrogen) atoms. The molecule has 0 atom stereocenters. The Labute approximate surface area is 266 Å². The first kappa shape index (κ1) is 10.2. The van der Waals surface area contributed by atoms with Crippen LogP contribution in [0.1, 0.15) is 28.8 Å². The molecule has 0 aliphatic carbocycles. The van der Waals surface area contributed by atoms with Crippen LogP contribution >= 0.6 is 0 Å². The topological polar surface area (TPSA) is 13.1 Å². The van der Waals surface area contributed by atoms with E-state index < -0.39 is 181 Å². The van der Waals surface area contributed by atoms with Gasteiger partial charge < -0.3 is 4.42 Å². The van der Waals surface area contributed by atoms with Crippen molar-refractivity contribution in [2.75, 3.05) is 0 Å². The van der Waals surface area contributed by atoms with Crippen LogP contribution in [0.5, 0.6) is 0 Å². The summed E-state index contributed by atoms with van der Waals surface area (Å²) in [4.78, 5) is 0. The van der Waals surface area contributed by atoms with Gasteiger partial charge in [-0.15, -0.1) is 0 Å². The van der Waals surface area contributed by atoms with Gasteiger partial charge in [0.2, 0.25) is 0 Å². The summed E-state index contributed by atoms with van der Waals surface area (Å²) >= 11 is 0. The molecule has 1 nitrogen and oxygen atoms in total. The standard InChI is InChI=1S/C40H24O/c1-2-13-26-25(12-1)24-35(28-15-4-3-14-27(26)28)39-31-18-7-5-16-29(31)38(30-17-6-8-19-32(30)39)34-21-11-23-37-40(34)33-20-9-10-22-36(33)41-37/h1-24H/i1D,2D,3D,4D,5D,6D,7D,8D,9D,10D,12D,13D,14D,15D,16D,17D,18D,19D,20D,22D,24D. The second-order valence-corrected chi connectivity index (χ2v) is 9.23. The molecule has 0 saturated carbocycles. The van der Waals surface area contributed by atoms with Gasteiger partial charge in [-0.05, 0) is 83.5 Å². The zero-order chi connectivity index (χ0) is 45.2. The fourth-order valence-corrected chi connectivity index (χ4v) is 5.55. The Bertz CT molecular complexity index is 3570. The monoisotopic (exact) mass is 541 g/mol. The van der Waals surface area contributed by atoms with Crippen LogP contribution in [0.25, 0.3) is 87.3 Å². The highest BCUT2D eigenvalue weighted by Crippen LogP contribution is 2.48. The number of hydrogen-bond donors (Lipinski definition) is 0. The van der Waals surface area contributed by atoms with Crippen molar-refractivity contribution in [2.24, 2.45) is 0 Å². The fourth-order valence-electron chi connectivity index (χ4n) is 5.55. The van der Waals surface area contributed by atoms with E-state index in [1.165, 1.54) is 18.2 Å². The van der Waals surface area contributed by atoms with E-state index >= 15 is 0 Å². The normalized spacial score (nSPS) is 19.1. The SMILES string of the molecule is [2H]c1c([2H])c([2H])c2c(oc3cccc(-c4c5c([2H])c([2H])c([2H])c([2H])c5c(-c5c([2H])c6c([2H])c([2H])c([2H])c([2H])c6c6c([2H])c([2H])c([2H])c([2H])c56)c5c([2H])c([2H])c([2H])c([2H])c45)c32)c1[2H]. The quantitative estimate of drug-likeness (QED) is 0.157. The number of fused-ring (bicyclic) bond motifs is 8. The maximum Gasteiger partial charge on any atom is 0.136 e. The first-order chi connectivity index (χ1) is 29.1. The van der Waals surface area contributed by atoms with Crippen molar-refractivity contribution >= 4 is 65.0 Å². The summed E-state index contributed by atoms with van der Waals surface area (Å²) in [5.74, 6) is 0. The molecule has 0 unspecified atom stereocenters. The highest BCUT2D eigenvalue weighted by molar-refractivity contribution is 6.28. The summed E-state index contributed by atoms with van der Waals surface area (Å²) in [5.41, 5.74) is -1.71. The maximum atomic E-state index is 9.75. The van der Waals surface area contributed by atoms with E-state index in [0.717, 1.165) is 0 Å². The molecule has 0 aliphatic rings. The number of benzene rings is 8. The molecule has 1 aromatic heterocycles. The molecule has 0 saturated heterocycles. The van der Waals surface area contributed by atoms with E-state index in [2.05, 4.69) is 0 Å². The molecule has 0 aliphatic heterocycles. The highest BCUT2D eigenvalue weighted by Gasteiger charge is 2.21. The van der Waals surface area contributed by atoms with Crippen LogP contribution in [0.2, 0.25) is 0 Å². The first-order valence-corrected chi connectivity index (χ1v) is 12.4. The summed E-state index contributed by atoms with van der Waals surface area (Å²) in [7, 11) is 0. The van der Waals surface area contributed by atoms with Crippen LogP contribution in [0, 0.1) is 0 Å². The van der Waals surface area contributed by atoms with Gasteiger partial charge in [0.05, 0.1) is 28.8 Å². The van der Waals surface area contributed by atoms with Gasteiger partial charge in [0.25, 0.3) is 0 Å². The number of hydrogen-bond acceptors (Lipinski definition) is 1. The van der Waals surface area contributed by atoms with E-state index in [9.17, 15) is 8.22 Å². The molecule has 9 rings (SSSR count). The Morgan fingerprint density at radius 3 is 1.61 bits per heavy atom. The Hall–Kier alpha value is -5.40. The summed E-state index contributed by atoms with van der Waals surface area (Å²) in [5, 5.41) is -4.02. The van der Waals surface area contributed by atoms with Gasteiger partial charge in [0, 0.05) is 10.8 Å². The minimum atomic E-state index is -0.851. The lowest BCUT2D eigenvalue weighted by Crippen LogP contribution is -1.92. The molecule has 0 spiro atoms. The Kier molecular flexibility index (Phi) is 2.13. The molecule has 8 aromatic carbocycles. The number of furan rings is 1. The molecule has 0 bridgehead atoms. The zero-order valence-corrected chi connectivity index (χ0v) is 20.6. The highest BCUT2D eigenvalue weighted by atomic mass is 16.3. The second kappa shape index (κ2) is 8.55. The van der Waals surface area contributed by atoms with Crippen LogP contribution in [0.4, 0.5) is 0 Å². The maximum absolute atomic E-state index is 9.75. The molecule has 1 heteroatoms. The van der Waals surface area contributed by atoms with Crippen LogP contribution in [0.15, 0.2) is 150 Å². The molecule has 0 radical (unpaired) electrons. The van der Waals surface area contributed by atoms with Crippen molar-refractivity contribution in [3.8, 4) is 22.3 Å². The third-order valence-corrected chi connectivity index (χ3v) is 7.16. The predicted octanol–water partition coefficient (Wildman–Crippen LogP) is 11.5. The van der Waals surface area contributed by atoms with E-state index in [1.54, 1.807) is 0 Å². The van der Waals surface area contributed by atoms with Gasteiger partial charge in [0.15, 0.2) is 0 Å². The second-order valence-electron chi connectivity index (χ2n) is 9.23. The first-order valence-electron chi connectivity index (χ1n) is 22.9. The Balaban J connectivity index is 1.70. The van der Waals surface area contributed by atoms with Crippen LogP contribution in [-0.4, -0.2) is 0 Å². The van der Waals surface area contributed by atoms with Crippen molar-refractivity contribution in [3.63, 3.8) is 0 Å². The van der Waals surface area contributed by atoms with Crippen molar-refractivity contribution in [3.05, 3.63) is 145 Å². The molecule has 1 heterocycles. The van der Waals surface area contributed by atoms with Crippen molar-refractivity contribution in [2.45, 2.75) is 0 Å². The summed E-state index contributed by atoms with van der Waals surface area (Å²) in [6, 6.07) is -11.7. The van der Waals surface area contributed by atoms with Crippen LogP contribution < -0.4 is 0 Å². The van der Waals surface area contributed by atoms with E-state index in [-0.39, 0.29) is 33.1 Å². The summed E-state index contributed by atoms with van der Waals surface area (Å²) in [6.07, 6.45) is 0. The lowest BCUT2D eigenvalue weighted by Gasteiger charge is -2.20. The smallest absolute Gasteiger partial charge is 0.136 e. The molecule has 0 N–H and O–H groups in total. The molecular formula is C40H24O. The summed E-state index contributed by atoms with van der Waals surface area (Å²) < 4.78 is 194. The molecular weight excluding hydrogens is 496 g/mol. The van der Waals surface area contributed by atoms with Gasteiger partial charge in [-0.2, -0.15) is 0 Å². The fraction of sp³-hybridized carbons (Fsp3) is 0. The van der Waals surface area contributed by atoms with Crippen LogP contribution in [0.3, 0.4) is 0 Å². The van der Waals surface area contributed by atoms with Gasteiger partial charge in [-0.3, -0.25) is 0 Å². The summed E-state index contributed by atoms with van der Waals surface area (Å²) in [6.45, 7) is 0. The van der Waals surface area contributed by atoms with Crippen molar-refractivity contribution in [1.82, 2.24) is 0 Å². The van der Waals surface area contributed by atoms with E-state index in [1.807, 2.05) is 0 Å². The number of para-hydroxylation sites is 1. The largest absolute Gasteiger partial charge is 0.456 e. The van der Waals surface area contributed by atoms with E-state index in [4.69, 9.17) is 25.0 Å². The molecule has 0 fully saturated rings. The Morgan fingerprint density at radius 2 is 0.927 bits per heavy atom. The minimum Gasteiger partial charge on any atom is -0.456 e. The van der Waals surface area contributed by atoms with E-state index in [0.29, 0.717) is 0 Å². The molecule has 9 aromatic rings. The van der Waals surface area contributed by atoms with Crippen molar-refractivity contribution < 1.29 is 33.2 Å². The third-order valence-electron chi connectivity index (χ3n) is 7.16. The van der Waals surface area contributed by atoms with Gasteiger partial charge in [-0.25, -0.2) is 0 Å².